The molecule has 2 heteroatoms. The molecule has 0 atom stereocenters. The van der Waals surface area contributed by atoms with Gasteiger partial charge in [-0.3, -0.25) is 0 Å². The summed E-state index contributed by atoms with van der Waals surface area (Å²) in [5.74, 6) is 0. The molecule has 0 fully saturated rings. The molecule has 0 saturated carbocycles. The first-order valence-electron chi connectivity index (χ1n) is 7.28. The van der Waals surface area contributed by atoms with E-state index in [0.29, 0.717) is 0 Å². The highest BCUT2D eigenvalue weighted by Crippen LogP contribution is 2.32. The van der Waals surface area contributed by atoms with Gasteiger partial charge in [-0.15, -0.1) is 0 Å². The molecule has 2 heterocycles. The number of hydrogen-bond donors (Lipinski definition) is 0. The van der Waals surface area contributed by atoms with E-state index >= 15 is 0 Å². The van der Waals surface area contributed by atoms with Crippen molar-refractivity contribution in [2.75, 3.05) is 0 Å². The second kappa shape index (κ2) is 4.26. The SMILES string of the molecule is Cc1cccc(C)c1-c1cn2cc3ccccc3c2n1C. The molecule has 0 spiro atoms. The zero-order valence-electron chi connectivity index (χ0n) is 12.6. The molecule has 0 amide bonds. The average Bonchev–Trinajstić information content (AvgIpc) is 2.96. The van der Waals surface area contributed by atoms with Crippen molar-refractivity contribution in [2.45, 2.75) is 13.8 Å². The summed E-state index contributed by atoms with van der Waals surface area (Å²) in [5.41, 5.74) is 6.51. The number of hydrogen-bond acceptors (Lipinski definition) is 0. The topological polar surface area (TPSA) is 9.34 Å². The van der Waals surface area contributed by atoms with Crippen LogP contribution in [0, 0.1) is 13.8 Å². The summed E-state index contributed by atoms with van der Waals surface area (Å²) < 4.78 is 4.55. The third-order valence-corrected chi connectivity index (χ3v) is 4.40. The summed E-state index contributed by atoms with van der Waals surface area (Å²) >= 11 is 0. The van der Waals surface area contributed by atoms with Gasteiger partial charge in [-0.05, 0) is 25.0 Å². The number of nitrogens with zero attached hydrogens (tertiary/aromatic N) is 2. The monoisotopic (exact) mass is 274 g/mol. The summed E-state index contributed by atoms with van der Waals surface area (Å²) in [5, 5.41) is 2.59. The van der Waals surface area contributed by atoms with Crippen molar-refractivity contribution in [1.82, 2.24) is 8.97 Å². The normalized spacial score (nSPS) is 11.6. The predicted molar refractivity (Wildman–Crippen MR) is 88.8 cm³/mol. The van der Waals surface area contributed by atoms with E-state index in [1.165, 1.54) is 38.8 Å². The van der Waals surface area contributed by atoms with Gasteiger partial charge in [0.25, 0.3) is 0 Å². The van der Waals surface area contributed by atoms with Crippen molar-refractivity contribution < 1.29 is 0 Å². The van der Waals surface area contributed by atoms with Gasteiger partial charge in [0, 0.05) is 35.8 Å². The number of imidazole rings is 1. The number of aromatic nitrogens is 2. The highest BCUT2D eigenvalue weighted by Gasteiger charge is 2.14. The van der Waals surface area contributed by atoms with Crippen molar-refractivity contribution in [3.8, 4) is 11.3 Å². The van der Waals surface area contributed by atoms with Crippen molar-refractivity contribution in [3.05, 3.63) is 66.0 Å². The van der Waals surface area contributed by atoms with Crippen molar-refractivity contribution in [3.63, 3.8) is 0 Å². The maximum absolute atomic E-state index is 2.30. The minimum absolute atomic E-state index is 1.25. The van der Waals surface area contributed by atoms with Crippen LogP contribution in [-0.4, -0.2) is 8.97 Å². The van der Waals surface area contributed by atoms with Gasteiger partial charge in [-0.1, -0.05) is 42.5 Å². The lowest BCUT2D eigenvalue weighted by Gasteiger charge is -2.10. The van der Waals surface area contributed by atoms with Crippen molar-refractivity contribution in [1.29, 1.82) is 0 Å². The van der Waals surface area contributed by atoms with Crippen LogP contribution in [-0.2, 0) is 7.05 Å². The van der Waals surface area contributed by atoms with Gasteiger partial charge in [-0.2, -0.15) is 0 Å². The first-order chi connectivity index (χ1) is 10.2. The van der Waals surface area contributed by atoms with Gasteiger partial charge in [-0.25, -0.2) is 0 Å². The van der Waals surface area contributed by atoms with E-state index in [1.807, 2.05) is 0 Å². The lowest BCUT2D eigenvalue weighted by atomic mass is 10.0. The van der Waals surface area contributed by atoms with E-state index in [0.717, 1.165) is 0 Å². The zero-order valence-corrected chi connectivity index (χ0v) is 12.6. The van der Waals surface area contributed by atoms with Crippen LogP contribution < -0.4 is 0 Å². The van der Waals surface area contributed by atoms with Crippen LogP contribution in [0.2, 0.25) is 0 Å². The lowest BCUT2D eigenvalue weighted by Crippen LogP contribution is -1.95. The Morgan fingerprint density at radius 2 is 1.52 bits per heavy atom. The summed E-state index contributed by atoms with van der Waals surface area (Å²) in [6, 6.07) is 15.0. The second-order valence-electron chi connectivity index (χ2n) is 5.79. The molecule has 2 aromatic heterocycles. The molecule has 0 radical (unpaired) electrons. The second-order valence-corrected chi connectivity index (χ2v) is 5.79. The molecule has 0 saturated heterocycles. The molecule has 4 rings (SSSR count). The minimum atomic E-state index is 1.25. The van der Waals surface area contributed by atoms with Crippen LogP contribution in [0.25, 0.3) is 27.7 Å². The van der Waals surface area contributed by atoms with Crippen molar-refractivity contribution in [2.24, 2.45) is 7.05 Å². The van der Waals surface area contributed by atoms with Crippen LogP contribution in [0.15, 0.2) is 54.9 Å². The number of rotatable bonds is 1. The Bertz CT molecular complexity index is 950. The van der Waals surface area contributed by atoms with E-state index in [4.69, 9.17) is 0 Å². The fraction of sp³-hybridized carbons (Fsp3) is 0.158. The Labute approximate surface area is 124 Å². The van der Waals surface area contributed by atoms with Crippen LogP contribution >= 0.6 is 0 Å². The third kappa shape index (κ3) is 1.65. The Balaban J connectivity index is 2.09. The van der Waals surface area contributed by atoms with E-state index in [9.17, 15) is 0 Å². The van der Waals surface area contributed by atoms with Crippen LogP contribution in [0.5, 0.6) is 0 Å². The molecule has 4 aromatic rings. The molecule has 0 N–H and O–H groups in total. The quantitative estimate of drug-likeness (QED) is 0.475. The van der Waals surface area contributed by atoms with Gasteiger partial charge in [0.05, 0.1) is 5.69 Å². The van der Waals surface area contributed by atoms with E-state index in [1.54, 1.807) is 0 Å². The molecule has 0 aliphatic carbocycles. The molecular formula is C19H18N2. The maximum atomic E-state index is 2.30. The Morgan fingerprint density at radius 1 is 0.810 bits per heavy atom. The van der Waals surface area contributed by atoms with Crippen LogP contribution in [0.1, 0.15) is 11.1 Å². The third-order valence-electron chi connectivity index (χ3n) is 4.40. The van der Waals surface area contributed by atoms with Gasteiger partial charge < -0.3 is 8.97 Å². The molecule has 104 valence electrons. The van der Waals surface area contributed by atoms with Gasteiger partial charge in [0.1, 0.15) is 5.65 Å². The minimum Gasteiger partial charge on any atom is -0.328 e. The largest absolute Gasteiger partial charge is 0.328 e. The average molecular weight is 274 g/mol. The molecule has 0 aliphatic rings. The highest BCUT2D eigenvalue weighted by molar-refractivity contribution is 5.97. The van der Waals surface area contributed by atoms with Crippen LogP contribution in [0.4, 0.5) is 0 Å². The smallest absolute Gasteiger partial charge is 0.125 e. The summed E-state index contributed by atoms with van der Waals surface area (Å²) in [6.45, 7) is 4.37. The Morgan fingerprint density at radius 3 is 2.29 bits per heavy atom. The van der Waals surface area contributed by atoms with E-state index in [2.05, 4.69) is 84.7 Å². The molecule has 0 bridgehead atoms. The summed E-state index contributed by atoms with van der Waals surface area (Å²) in [7, 11) is 2.16. The summed E-state index contributed by atoms with van der Waals surface area (Å²) in [4.78, 5) is 0. The molecule has 21 heavy (non-hydrogen) atoms. The Kier molecular flexibility index (Phi) is 2.49. The Hall–Kier alpha value is -2.48. The fourth-order valence-corrected chi connectivity index (χ4v) is 3.40. The summed E-state index contributed by atoms with van der Waals surface area (Å²) in [6.07, 6.45) is 4.45. The van der Waals surface area contributed by atoms with E-state index < -0.39 is 0 Å². The molecular weight excluding hydrogens is 256 g/mol. The predicted octanol–water partition coefficient (Wildman–Crippen LogP) is 4.71. The van der Waals surface area contributed by atoms with Gasteiger partial charge in [0.2, 0.25) is 0 Å². The van der Waals surface area contributed by atoms with Crippen LogP contribution in [0.3, 0.4) is 0 Å². The first-order valence-corrected chi connectivity index (χ1v) is 7.28. The highest BCUT2D eigenvalue weighted by atomic mass is 15.1. The standard InChI is InChI=1S/C19H18N2/c1-13-7-6-8-14(2)18(13)17-12-21-11-15-9-4-5-10-16(15)19(21)20(17)3/h4-12H,1-3H3. The number of benzene rings is 2. The molecule has 2 aromatic carbocycles. The van der Waals surface area contributed by atoms with Gasteiger partial charge >= 0.3 is 0 Å². The molecule has 2 nitrogen and oxygen atoms in total. The zero-order chi connectivity index (χ0) is 14.6. The molecule has 0 unspecified atom stereocenters. The number of fused-ring (bicyclic) bond motifs is 3. The lowest BCUT2D eigenvalue weighted by molar-refractivity contribution is 0.967. The molecule has 0 aliphatic heterocycles. The number of aryl methyl sites for hydroxylation is 3. The maximum Gasteiger partial charge on any atom is 0.125 e. The van der Waals surface area contributed by atoms with Gasteiger partial charge in [0.15, 0.2) is 0 Å². The van der Waals surface area contributed by atoms with Crippen molar-refractivity contribution >= 4 is 16.4 Å². The fourth-order valence-electron chi connectivity index (χ4n) is 3.40. The first kappa shape index (κ1) is 12.3. The van der Waals surface area contributed by atoms with E-state index in [-0.39, 0.29) is 0 Å².